The van der Waals surface area contributed by atoms with Crippen LogP contribution in [0.5, 0.6) is 0 Å². The smallest absolute Gasteiger partial charge is 0.00967 e. The fraction of sp³-hybridized carbons (Fsp3) is 0.600. The van der Waals surface area contributed by atoms with E-state index >= 15 is 0 Å². The molecule has 16 heavy (non-hydrogen) atoms. The van der Waals surface area contributed by atoms with Crippen molar-refractivity contribution in [3.63, 3.8) is 0 Å². The van der Waals surface area contributed by atoms with Crippen LogP contribution in [0.4, 0.5) is 0 Å². The zero-order chi connectivity index (χ0) is 12.1. The largest absolute Gasteiger partial charge is 0.327 e. The maximum atomic E-state index is 6.26. The standard InChI is InChI=1S/C15H25N/c1-5-7-8-14-10-12(4)15(16)11(3)9-13(14)6-2/h5-8,11-12,15H,9-10,16H2,1-4H3/b7-5-,13-6-,14-8-. The lowest BCUT2D eigenvalue weighted by atomic mass is 9.90. The molecule has 0 bridgehead atoms. The van der Waals surface area contributed by atoms with Crippen molar-refractivity contribution >= 4 is 0 Å². The summed E-state index contributed by atoms with van der Waals surface area (Å²) < 4.78 is 0. The molecule has 1 heteroatoms. The van der Waals surface area contributed by atoms with Crippen LogP contribution < -0.4 is 5.73 Å². The van der Waals surface area contributed by atoms with Crippen LogP contribution in [0.25, 0.3) is 0 Å². The predicted octanol–water partition coefficient (Wildman–Crippen LogP) is 3.83. The number of rotatable bonds is 1. The van der Waals surface area contributed by atoms with Crippen molar-refractivity contribution in [1.29, 1.82) is 0 Å². The number of hydrogen-bond acceptors (Lipinski definition) is 1. The Hall–Kier alpha value is -0.820. The van der Waals surface area contributed by atoms with Crippen LogP contribution in [0.2, 0.25) is 0 Å². The Balaban J connectivity index is 2.99. The van der Waals surface area contributed by atoms with Crippen LogP contribution in [0.3, 0.4) is 0 Å². The molecular formula is C15H25N. The van der Waals surface area contributed by atoms with E-state index in [0.29, 0.717) is 17.9 Å². The molecular weight excluding hydrogens is 194 g/mol. The first-order valence-corrected chi connectivity index (χ1v) is 6.33. The molecule has 0 heterocycles. The molecule has 0 amide bonds. The lowest BCUT2D eigenvalue weighted by molar-refractivity contribution is 0.358. The van der Waals surface area contributed by atoms with Crippen molar-refractivity contribution in [2.24, 2.45) is 17.6 Å². The molecule has 1 saturated carbocycles. The molecule has 90 valence electrons. The third kappa shape index (κ3) is 3.08. The highest BCUT2D eigenvalue weighted by atomic mass is 14.7. The van der Waals surface area contributed by atoms with Crippen LogP contribution in [-0.2, 0) is 0 Å². The van der Waals surface area contributed by atoms with Gasteiger partial charge in [0, 0.05) is 6.04 Å². The molecule has 0 saturated heterocycles. The van der Waals surface area contributed by atoms with Crippen LogP contribution in [0.1, 0.15) is 40.5 Å². The SMILES string of the molecule is C\C=C/C=C1/CC(C)C(N)C(C)C/C1=C/C. The Labute approximate surface area is 100 Å². The van der Waals surface area contributed by atoms with Crippen LogP contribution >= 0.6 is 0 Å². The van der Waals surface area contributed by atoms with Gasteiger partial charge >= 0.3 is 0 Å². The van der Waals surface area contributed by atoms with E-state index in [1.54, 1.807) is 0 Å². The van der Waals surface area contributed by atoms with E-state index < -0.39 is 0 Å². The van der Waals surface area contributed by atoms with Crippen molar-refractivity contribution < 1.29 is 0 Å². The molecule has 0 aromatic carbocycles. The second kappa shape index (κ2) is 6.05. The summed E-state index contributed by atoms with van der Waals surface area (Å²) in [5.41, 5.74) is 9.20. The fourth-order valence-corrected chi connectivity index (χ4v) is 2.48. The van der Waals surface area contributed by atoms with Gasteiger partial charge in [-0.1, -0.05) is 38.2 Å². The molecule has 0 aliphatic heterocycles. The highest BCUT2D eigenvalue weighted by Gasteiger charge is 2.26. The minimum absolute atomic E-state index is 0.325. The Morgan fingerprint density at radius 1 is 1.06 bits per heavy atom. The van der Waals surface area contributed by atoms with Gasteiger partial charge in [-0.15, -0.1) is 0 Å². The van der Waals surface area contributed by atoms with Crippen LogP contribution in [0.15, 0.2) is 35.5 Å². The van der Waals surface area contributed by atoms with E-state index in [1.165, 1.54) is 11.1 Å². The molecule has 0 aromatic rings. The first kappa shape index (κ1) is 13.2. The van der Waals surface area contributed by atoms with E-state index in [-0.39, 0.29) is 0 Å². The fourth-order valence-electron chi connectivity index (χ4n) is 2.48. The lowest BCUT2D eigenvalue weighted by Crippen LogP contribution is -2.33. The van der Waals surface area contributed by atoms with E-state index in [9.17, 15) is 0 Å². The monoisotopic (exact) mass is 219 g/mol. The van der Waals surface area contributed by atoms with Gasteiger partial charge in [0.05, 0.1) is 0 Å². The van der Waals surface area contributed by atoms with E-state index in [4.69, 9.17) is 5.73 Å². The van der Waals surface area contributed by atoms with Gasteiger partial charge in [-0.3, -0.25) is 0 Å². The quantitative estimate of drug-likeness (QED) is 0.666. The number of allylic oxidation sites excluding steroid dienone is 6. The molecule has 1 aliphatic rings. The summed E-state index contributed by atoms with van der Waals surface area (Å²) in [5.74, 6) is 1.15. The van der Waals surface area contributed by atoms with Gasteiger partial charge in [-0.2, -0.15) is 0 Å². The molecule has 1 nitrogen and oxygen atoms in total. The Morgan fingerprint density at radius 3 is 2.12 bits per heavy atom. The highest BCUT2D eigenvalue weighted by molar-refractivity contribution is 5.35. The molecule has 0 spiro atoms. The normalized spacial score (nSPS) is 37.2. The Bertz CT molecular complexity index is 309. The second-order valence-corrected chi connectivity index (χ2v) is 4.97. The van der Waals surface area contributed by atoms with Crippen molar-refractivity contribution in [3.05, 3.63) is 35.5 Å². The van der Waals surface area contributed by atoms with E-state index in [2.05, 4.69) is 52.0 Å². The minimum atomic E-state index is 0.325. The molecule has 3 atom stereocenters. The Kier molecular flexibility index (Phi) is 5.01. The molecule has 2 N–H and O–H groups in total. The molecule has 1 aliphatic carbocycles. The van der Waals surface area contributed by atoms with Crippen molar-refractivity contribution in [1.82, 2.24) is 0 Å². The maximum absolute atomic E-state index is 6.26. The van der Waals surface area contributed by atoms with E-state index in [0.717, 1.165) is 12.8 Å². The topological polar surface area (TPSA) is 26.0 Å². The molecule has 1 fully saturated rings. The average Bonchev–Trinajstić information content (AvgIpc) is 2.38. The lowest BCUT2D eigenvalue weighted by Gasteiger charge is -2.21. The van der Waals surface area contributed by atoms with Gasteiger partial charge < -0.3 is 5.73 Å². The Morgan fingerprint density at radius 2 is 1.62 bits per heavy atom. The van der Waals surface area contributed by atoms with Crippen molar-refractivity contribution in [3.8, 4) is 0 Å². The van der Waals surface area contributed by atoms with Gasteiger partial charge in [0.2, 0.25) is 0 Å². The summed E-state index contributed by atoms with van der Waals surface area (Å²) in [5, 5.41) is 0. The number of hydrogen-bond donors (Lipinski definition) is 1. The first-order valence-electron chi connectivity index (χ1n) is 6.33. The minimum Gasteiger partial charge on any atom is -0.327 e. The summed E-state index contributed by atoms with van der Waals surface area (Å²) in [6, 6.07) is 0.325. The van der Waals surface area contributed by atoms with Gasteiger partial charge in [-0.05, 0) is 49.7 Å². The molecule has 0 radical (unpaired) electrons. The predicted molar refractivity (Wildman–Crippen MR) is 72.2 cm³/mol. The van der Waals surface area contributed by atoms with Crippen molar-refractivity contribution in [2.75, 3.05) is 0 Å². The maximum Gasteiger partial charge on any atom is 0.00967 e. The average molecular weight is 219 g/mol. The van der Waals surface area contributed by atoms with Gasteiger partial charge in [0.25, 0.3) is 0 Å². The van der Waals surface area contributed by atoms with Gasteiger partial charge in [-0.25, -0.2) is 0 Å². The first-order chi connectivity index (χ1) is 7.60. The summed E-state index contributed by atoms with van der Waals surface area (Å²) in [6.45, 7) is 8.72. The summed E-state index contributed by atoms with van der Waals surface area (Å²) in [4.78, 5) is 0. The van der Waals surface area contributed by atoms with E-state index in [1.807, 2.05) is 0 Å². The zero-order valence-electron chi connectivity index (χ0n) is 11.0. The summed E-state index contributed by atoms with van der Waals surface area (Å²) in [7, 11) is 0. The van der Waals surface area contributed by atoms with Crippen molar-refractivity contribution in [2.45, 2.75) is 46.6 Å². The molecule has 1 rings (SSSR count). The van der Waals surface area contributed by atoms with Crippen LogP contribution in [-0.4, -0.2) is 6.04 Å². The molecule has 3 unspecified atom stereocenters. The second-order valence-electron chi connectivity index (χ2n) is 4.97. The number of nitrogens with two attached hydrogens (primary N) is 1. The van der Waals surface area contributed by atoms with Gasteiger partial charge in [0.15, 0.2) is 0 Å². The molecule has 0 aromatic heterocycles. The zero-order valence-corrected chi connectivity index (χ0v) is 11.0. The van der Waals surface area contributed by atoms with Crippen LogP contribution in [0, 0.1) is 11.8 Å². The highest BCUT2D eigenvalue weighted by Crippen LogP contribution is 2.33. The summed E-state index contributed by atoms with van der Waals surface area (Å²) in [6.07, 6.45) is 10.9. The summed E-state index contributed by atoms with van der Waals surface area (Å²) >= 11 is 0. The third-order valence-corrected chi connectivity index (χ3v) is 3.65. The van der Waals surface area contributed by atoms with Gasteiger partial charge in [0.1, 0.15) is 0 Å². The third-order valence-electron chi connectivity index (χ3n) is 3.65.